The fourth-order valence-electron chi connectivity index (χ4n) is 0.846. The van der Waals surface area contributed by atoms with Crippen LogP contribution in [-0.4, -0.2) is 22.2 Å². The van der Waals surface area contributed by atoms with Gasteiger partial charge in [-0.15, -0.1) is 0 Å². The first kappa shape index (κ1) is 12.2. The Bertz CT molecular complexity index is 394. The van der Waals surface area contributed by atoms with Gasteiger partial charge < -0.3 is 4.74 Å². The first-order valence-electron chi connectivity index (χ1n) is 4.15. The van der Waals surface area contributed by atoms with E-state index in [-0.39, 0.29) is 0 Å². The Morgan fingerprint density at radius 1 is 1.56 bits per heavy atom. The molecule has 1 aromatic heterocycles. The van der Waals surface area contributed by atoms with Gasteiger partial charge in [0.05, 0.1) is 4.92 Å². The fraction of sp³-hybridized carbons (Fsp3) is 0.375. The molecule has 0 spiro atoms. The van der Waals surface area contributed by atoms with Crippen LogP contribution in [0.2, 0.25) is 0 Å². The maximum absolute atomic E-state index is 12.1. The maximum atomic E-state index is 12.1. The summed E-state index contributed by atoms with van der Waals surface area (Å²) in [5.41, 5.74) is -0.599. The van der Waals surface area contributed by atoms with E-state index in [1.807, 2.05) is 0 Å². The fourth-order valence-corrected chi connectivity index (χ4v) is 0.846. The van der Waals surface area contributed by atoms with Crippen LogP contribution >= 0.6 is 0 Å². The lowest BCUT2D eigenvalue weighted by molar-refractivity contribution is -0.386. The molecule has 1 atom stereocenters. The van der Waals surface area contributed by atoms with Crippen LogP contribution in [0.4, 0.5) is 18.9 Å². The second-order valence-corrected chi connectivity index (χ2v) is 2.89. The monoisotopic (exact) mass is 236 g/mol. The zero-order chi connectivity index (χ0) is 12.3. The Balaban J connectivity index is 2.93. The molecular weight excluding hydrogens is 229 g/mol. The summed E-state index contributed by atoms with van der Waals surface area (Å²) in [6, 6.07) is 2.26. The molecule has 8 heteroatoms. The summed E-state index contributed by atoms with van der Waals surface area (Å²) in [6.07, 6.45) is -5.63. The lowest BCUT2D eigenvalue weighted by atomic mass is 10.4. The Kier molecular flexibility index (Phi) is 3.31. The summed E-state index contributed by atoms with van der Waals surface area (Å²) in [5, 5.41) is 10.5. The predicted octanol–water partition coefficient (Wildman–Crippen LogP) is 2.32. The van der Waals surface area contributed by atoms with E-state index in [2.05, 4.69) is 9.72 Å². The molecule has 0 saturated heterocycles. The van der Waals surface area contributed by atoms with Gasteiger partial charge in [-0.2, -0.15) is 13.2 Å². The van der Waals surface area contributed by atoms with Crippen molar-refractivity contribution in [2.24, 2.45) is 0 Å². The summed E-state index contributed by atoms with van der Waals surface area (Å²) in [5.74, 6) is -0.641. The average Bonchev–Trinajstić information content (AvgIpc) is 2.16. The number of nitrogens with zero attached hydrogens (tertiary/aromatic N) is 2. The van der Waals surface area contributed by atoms with Crippen molar-refractivity contribution in [1.82, 2.24) is 4.98 Å². The van der Waals surface area contributed by atoms with Crippen LogP contribution in [0.3, 0.4) is 0 Å². The highest BCUT2D eigenvalue weighted by molar-refractivity contribution is 5.39. The van der Waals surface area contributed by atoms with Crippen molar-refractivity contribution in [2.45, 2.75) is 19.2 Å². The molecule has 16 heavy (non-hydrogen) atoms. The number of ether oxygens (including phenoxy) is 1. The molecule has 0 amide bonds. The second-order valence-electron chi connectivity index (χ2n) is 2.89. The molecule has 0 aromatic carbocycles. The first-order chi connectivity index (χ1) is 7.32. The van der Waals surface area contributed by atoms with Crippen molar-refractivity contribution < 1.29 is 22.8 Å². The number of pyridine rings is 1. The third kappa shape index (κ3) is 2.81. The summed E-state index contributed by atoms with van der Waals surface area (Å²) < 4.78 is 40.8. The normalized spacial score (nSPS) is 13.2. The quantitative estimate of drug-likeness (QED) is 0.596. The molecule has 0 aliphatic carbocycles. The minimum absolute atomic E-state index is 0.599. The van der Waals surface area contributed by atoms with Crippen molar-refractivity contribution in [3.05, 3.63) is 28.4 Å². The van der Waals surface area contributed by atoms with E-state index in [1.54, 1.807) is 0 Å². The van der Waals surface area contributed by atoms with Gasteiger partial charge in [0.2, 0.25) is 0 Å². The van der Waals surface area contributed by atoms with Crippen LogP contribution in [0.15, 0.2) is 18.3 Å². The lowest BCUT2D eigenvalue weighted by Crippen LogP contribution is -2.31. The number of aromatic nitrogens is 1. The minimum atomic E-state index is -4.59. The number of hydrogen-bond donors (Lipinski definition) is 0. The van der Waals surface area contributed by atoms with Gasteiger partial charge in [0, 0.05) is 12.3 Å². The van der Waals surface area contributed by atoms with E-state index < -0.39 is 28.8 Å². The smallest absolute Gasteiger partial charge is 0.425 e. The Morgan fingerprint density at radius 3 is 2.69 bits per heavy atom. The number of nitro groups is 1. The Labute approximate surface area is 88.0 Å². The molecule has 1 rings (SSSR count). The molecule has 0 fully saturated rings. The number of rotatable bonds is 3. The largest absolute Gasteiger partial charge is 0.460 e. The van der Waals surface area contributed by atoms with Crippen LogP contribution in [0.1, 0.15) is 6.92 Å². The zero-order valence-corrected chi connectivity index (χ0v) is 8.06. The molecule has 0 aliphatic heterocycles. The molecule has 1 aromatic rings. The van der Waals surface area contributed by atoms with E-state index in [0.717, 1.165) is 19.2 Å². The van der Waals surface area contributed by atoms with E-state index >= 15 is 0 Å². The van der Waals surface area contributed by atoms with Crippen LogP contribution in [0.5, 0.6) is 5.88 Å². The highest BCUT2D eigenvalue weighted by atomic mass is 19.4. The first-order valence-corrected chi connectivity index (χ1v) is 4.15. The molecule has 0 radical (unpaired) electrons. The van der Waals surface area contributed by atoms with Crippen molar-refractivity contribution in [1.29, 1.82) is 0 Å². The van der Waals surface area contributed by atoms with E-state index in [0.29, 0.717) is 0 Å². The minimum Gasteiger partial charge on any atom is -0.460 e. The highest BCUT2D eigenvalue weighted by Crippen LogP contribution is 2.28. The van der Waals surface area contributed by atoms with Crippen molar-refractivity contribution in [3.8, 4) is 5.88 Å². The lowest BCUT2D eigenvalue weighted by Gasteiger charge is -2.16. The topological polar surface area (TPSA) is 65.3 Å². The van der Waals surface area contributed by atoms with Crippen molar-refractivity contribution >= 4 is 5.69 Å². The third-order valence-electron chi connectivity index (χ3n) is 1.70. The molecule has 1 unspecified atom stereocenters. The SMILES string of the molecule is CC(Oc1ncccc1[N+](=O)[O-])C(F)(F)F. The van der Waals surface area contributed by atoms with Gasteiger partial charge in [-0.05, 0) is 13.0 Å². The van der Waals surface area contributed by atoms with E-state index in [9.17, 15) is 23.3 Å². The van der Waals surface area contributed by atoms with Gasteiger partial charge >= 0.3 is 11.9 Å². The average molecular weight is 236 g/mol. The van der Waals surface area contributed by atoms with Gasteiger partial charge in [0.15, 0.2) is 6.10 Å². The summed E-state index contributed by atoms with van der Waals surface area (Å²) in [7, 11) is 0. The van der Waals surface area contributed by atoms with Gasteiger partial charge in [0.25, 0.3) is 5.88 Å². The van der Waals surface area contributed by atoms with Crippen LogP contribution in [0, 0.1) is 10.1 Å². The van der Waals surface area contributed by atoms with Gasteiger partial charge in [-0.25, -0.2) is 4.98 Å². The predicted molar refractivity (Wildman–Crippen MR) is 47.0 cm³/mol. The zero-order valence-electron chi connectivity index (χ0n) is 8.06. The standard InChI is InChI=1S/C8H7F3N2O3/c1-5(8(9,10)11)16-7-6(13(14)15)3-2-4-12-7/h2-5H,1H3. The number of halogens is 3. The van der Waals surface area contributed by atoms with Crippen LogP contribution in [0.25, 0.3) is 0 Å². The summed E-state index contributed by atoms with van der Waals surface area (Å²) >= 11 is 0. The Hall–Kier alpha value is -1.86. The van der Waals surface area contributed by atoms with Crippen LogP contribution in [-0.2, 0) is 0 Å². The van der Waals surface area contributed by atoms with E-state index in [1.165, 1.54) is 6.07 Å². The Morgan fingerprint density at radius 2 is 2.19 bits per heavy atom. The maximum Gasteiger partial charge on any atom is 0.425 e. The highest BCUT2D eigenvalue weighted by Gasteiger charge is 2.39. The van der Waals surface area contributed by atoms with Crippen LogP contribution < -0.4 is 4.74 Å². The molecule has 0 aliphatic rings. The molecule has 88 valence electrons. The second kappa shape index (κ2) is 4.33. The van der Waals surface area contributed by atoms with Gasteiger partial charge in [-0.3, -0.25) is 10.1 Å². The molecule has 1 heterocycles. The summed E-state index contributed by atoms with van der Waals surface area (Å²) in [6.45, 7) is 0.748. The van der Waals surface area contributed by atoms with E-state index in [4.69, 9.17) is 0 Å². The van der Waals surface area contributed by atoms with Crippen molar-refractivity contribution in [2.75, 3.05) is 0 Å². The number of alkyl halides is 3. The number of hydrogen-bond acceptors (Lipinski definition) is 4. The summed E-state index contributed by atoms with van der Waals surface area (Å²) in [4.78, 5) is 13.0. The molecular formula is C8H7F3N2O3. The molecule has 0 saturated carbocycles. The third-order valence-corrected chi connectivity index (χ3v) is 1.70. The molecule has 0 N–H and O–H groups in total. The van der Waals surface area contributed by atoms with Gasteiger partial charge in [0.1, 0.15) is 0 Å². The molecule has 0 bridgehead atoms. The van der Waals surface area contributed by atoms with Crippen molar-refractivity contribution in [3.63, 3.8) is 0 Å². The van der Waals surface area contributed by atoms with Gasteiger partial charge in [-0.1, -0.05) is 0 Å². The molecule has 5 nitrogen and oxygen atoms in total.